The van der Waals surface area contributed by atoms with Crippen molar-refractivity contribution in [2.45, 2.75) is 70.8 Å². The van der Waals surface area contributed by atoms with Crippen LogP contribution < -0.4 is 4.72 Å². The smallest absolute Gasteiger partial charge is 0.211 e. The summed E-state index contributed by atoms with van der Waals surface area (Å²) in [6.07, 6.45) is 10.0. The fraction of sp³-hybridized carbons (Fsp3) is 0.739. The largest absolute Gasteiger partial charge is 0.303 e. The highest BCUT2D eigenvalue weighted by Crippen LogP contribution is 2.29. The van der Waals surface area contributed by atoms with Gasteiger partial charge in [-0.25, -0.2) is 17.5 Å². The molecule has 2 fully saturated rings. The zero-order chi connectivity index (χ0) is 21.6. The second-order valence-electron chi connectivity index (χ2n) is 9.11. The maximum atomic E-state index is 13.5. The van der Waals surface area contributed by atoms with Crippen LogP contribution in [0.4, 0.5) is 4.39 Å². The van der Waals surface area contributed by atoms with E-state index in [-0.39, 0.29) is 17.6 Å². The van der Waals surface area contributed by atoms with Gasteiger partial charge in [0.1, 0.15) is 5.82 Å². The fourth-order valence-corrected chi connectivity index (χ4v) is 6.25. The van der Waals surface area contributed by atoms with Gasteiger partial charge in [0.25, 0.3) is 0 Å². The predicted octanol–water partition coefficient (Wildman–Crippen LogP) is 5.12. The molecule has 2 aliphatic rings. The molecule has 4 nitrogen and oxygen atoms in total. The minimum Gasteiger partial charge on any atom is -0.303 e. The quantitative estimate of drug-likeness (QED) is 0.509. The number of nitrogens with zero attached hydrogens (tertiary/aromatic N) is 1. The first-order chi connectivity index (χ1) is 14.3. The van der Waals surface area contributed by atoms with Crippen LogP contribution in [0.15, 0.2) is 22.7 Å². The van der Waals surface area contributed by atoms with Crippen molar-refractivity contribution in [3.05, 3.63) is 34.1 Å². The number of halogens is 2. The number of sulfonamides is 1. The molecule has 0 bridgehead atoms. The summed E-state index contributed by atoms with van der Waals surface area (Å²) in [6, 6.07) is 5.12. The number of nitrogens with one attached hydrogen (secondary N) is 1. The monoisotopic (exact) mass is 502 g/mol. The molecule has 0 aromatic heterocycles. The van der Waals surface area contributed by atoms with Gasteiger partial charge in [-0.15, -0.1) is 0 Å². The topological polar surface area (TPSA) is 49.4 Å². The summed E-state index contributed by atoms with van der Waals surface area (Å²) < 4.78 is 40.8. The van der Waals surface area contributed by atoms with Crippen molar-refractivity contribution in [2.75, 3.05) is 25.4 Å². The molecule has 1 saturated carbocycles. The van der Waals surface area contributed by atoms with Crippen LogP contribution in [-0.2, 0) is 16.4 Å². The lowest BCUT2D eigenvalue weighted by molar-refractivity contribution is 0.175. The van der Waals surface area contributed by atoms with Crippen LogP contribution in [0.3, 0.4) is 0 Å². The molecule has 1 N–H and O–H groups in total. The van der Waals surface area contributed by atoms with Gasteiger partial charge in [0.2, 0.25) is 10.0 Å². The molecule has 1 saturated heterocycles. The van der Waals surface area contributed by atoms with Crippen LogP contribution in [0.25, 0.3) is 0 Å². The standard InChI is InChI=1S/C23H36BrFN2O2S/c1-2-30(28,29)26-22-8-5-18(6-9-22)4-3-13-27-14-11-19(12-15-27)16-20-17-21(25)7-10-23(20)24/h7,10,17-19,22,26H,2-6,8-9,11-16H2,1H3/t18-,22-. The Morgan fingerprint density at radius 3 is 2.47 bits per heavy atom. The second kappa shape index (κ2) is 11.4. The first-order valence-electron chi connectivity index (χ1n) is 11.5. The summed E-state index contributed by atoms with van der Waals surface area (Å²) in [5.74, 6) is 1.41. The van der Waals surface area contributed by atoms with Crippen molar-refractivity contribution >= 4 is 26.0 Å². The molecule has 0 radical (unpaired) electrons. The van der Waals surface area contributed by atoms with Crippen LogP contribution in [0.1, 0.15) is 63.9 Å². The summed E-state index contributed by atoms with van der Waals surface area (Å²) >= 11 is 3.55. The lowest BCUT2D eigenvalue weighted by atomic mass is 9.83. The third kappa shape index (κ3) is 7.57. The van der Waals surface area contributed by atoms with E-state index in [0.29, 0.717) is 5.92 Å². The molecule has 0 spiro atoms. The van der Waals surface area contributed by atoms with Crippen molar-refractivity contribution < 1.29 is 12.8 Å². The average molecular weight is 504 g/mol. The van der Waals surface area contributed by atoms with Gasteiger partial charge in [-0.3, -0.25) is 0 Å². The van der Waals surface area contributed by atoms with E-state index in [1.165, 1.54) is 38.3 Å². The van der Waals surface area contributed by atoms with E-state index < -0.39 is 10.0 Å². The highest BCUT2D eigenvalue weighted by molar-refractivity contribution is 9.10. The number of hydrogen-bond donors (Lipinski definition) is 1. The molecule has 170 valence electrons. The van der Waals surface area contributed by atoms with Gasteiger partial charge < -0.3 is 4.90 Å². The molecule has 1 aliphatic heterocycles. The van der Waals surface area contributed by atoms with Crippen molar-refractivity contribution in [3.63, 3.8) is 0 Å². The van der Waals surface area contributed by atoms with Gasteiger partial charge in [-0.1, -0.05) is 15.9 Å². The van der Waals surface area contributed by atoms with E-state index >= 15 is 0 Å². The van der Waals surface area contributed by atoms with Crippen molar-refractivity contribution in [1.29, 1.82) is 0 Å². The second-order valence-corrected chi connectivity index (χ2v) is 12.0. The Balaban J connectivity index is 1.30. The Labute approximate surface area is 190 Å². The molecular weight excluding hydrogens is 467 g/mol. The molecule has 0 unspecified atom stereocenters. The molecule has 1 aromatic carbocycles. The maximum absolute atomic E-state index is 13.5. The minimum atomic E-state index is -3.08. The number of benzene rings is 1. The van der Waals surface area contributed by atoms with Gasteiger partial charge in [0.15, 0.2) is 0 Å². The Morgan fingerprint density at radius 1 is 1.10 bits per heavy atom. The summed E-state index contributed by atoms with van der Waals surface area (Å²) in [5.41, 5.74) is 1.09. The molecule has 3 rings (SSSR count). The normalized spacial score (nSPS) is 24.2. The van der Waals surface area contributed by atoms with Crippen molar-refractivity contribution in [1.82, 2.24) is 9.62 Å². The summed E-state index contributed by atoms with van der Waals surface area (Å²) in [5, 5.41) is 0. The maximum Gasteiger partial charge on any atom is 0.211 e. The molecule has 1 heterocycles. The molecule has 7 heteroatoms. The number of hydrogen-bond acceptors (Lipinski definition) is 3. The molecule has 1 aliphatic carbocycles. The summed E-state index contributed by atoms with van der Waals surface area (Å²) in [4.78, 5) is 2.58. The van der Waals surface area contributed by atoms with Gasteiger partial charge >= 0.3 is 0 Å². The number of rotatable bonds is 9. The molecular formula is C23H36BrFN2O2S. The van der Waals surface area contributed by atoms with Gasteiger partial charge in [0, 0.05) is 10.5 Å². The average Bonchev–Trinajstić information content (AvgIpc) is 2.73. The first kappa shape index (κ1) is 24.1. The summed E-state index contributed by atoms with van der Waals surface area (Å²) in [6.45, 7) is 5.14. The van der Waals surface area contributed by atoms with Crippen LogP contribution in [-0.4, -0.2) is 44.7 Å². The van der Waals surface area contributed by atoms with E-state index in [9.17, 15) is 12.8 Å². The molecule has 1 aromatic rings. The highest BCUT2D eigenvalue weighted by Gasteiger charge is 2.25. The minimum absolute atomic E-state index is 0.142. The summed E-state index contributed by atoms with van der Waals surface area (Å²) in [7, 11) is -3.08. The Kier molecular flexibility index (Phi) is 9.17. The SMILES string of the molecule is CCS(=O)(=O)N[C@H]1CC[C@H](CCCN2CCC(Cc3cc(F)ccc3Br)CC2)CC1. The first-order valence-corrected chi connectivity index (χ1v) is 14.0. The zero-order valence-corrected chi connectivity index (χ0v) is 20.5. The fourth-order valence-electron chi connectivity index (χ4n) is 4.93. The van der Waals surface area contributed by atoms with Crippen LogP contribution in [0.5, 0.6) is 0 Å². The Morgan fingerprint density at radius 2 is 1.80 bits per heavy atom. The van der Waals surface area contributed by atoms with E-state index in [1.807, 2.05) is 6.07 Å². The predicted molar refractivity (Wildman–Crippen MR) is 125 cm³/mol. The van der Waals surface area contributed by atoms with Gasteiger partial charge in [0.05, 0.1) is 5.75 Å². The van der Waals surface area contributed by atoms with E-state index in [1.54, 1.807) is 13.0 Å². The zero-order valence-electron chi connectivity index (χ0n) is 18.1. The van der Waals surface area contributed by atoms with E-state index in [0.717, 1.165) is 61.1 Å². The van der Waals surface area contributed by atoms with Gasteiger partial charge in [-0.05, 0) is 120 Å². The number of piperidine rings is 1. The molecule has 0 amide bonds. The van der Waals surface area contributed by atoms with Crippen molar-refractivity contribution in [2.24, 2.45) is 11.8 Å². The van der Waals surface area contributed by atoms with Crippen LogP contribution in [0.2, 0.25) is 0 Å². The molecule has 30 heavy (non-hydrogen) atoms. The van der Waals surface area contributed by atoms with Crippen LogP contribution in [0, 0.1) is 17.7 Å². The Hall–Kier alpha value is -0.500. The van der Waals surface area contributed by atoms with Crippen LogP contribution >= 0.6 is 15.9 Å². The van der Waals surface area contributed by atoms with E-state index in [2.05, 4.69) is 25.6 Å². The van der Waals surface area contributed by atoms with Crippen molar-refractivity contribution in [3.8, 4) is 0 Å². The lowest BCUT2D eigenvalue weighted by Gasteiger charge is -2.33. The third-order valence-electron chi connectivity index (χ3n) is 6.88. The number of likely N-dealkylation sites (tertiary alicyclic amines) is 1. The third-order valence-corrected chi connectivity index (χ3v) is 9.11. The van der Waals surface area contributed by atoms with Gasteiger partial charge in [-0.2, -0.15) is 0 Å². The molecule has 0 atom stereocenters. The Bertz CT molecular complexity index is 773. The van der Waals surface area contributed by atoms with E-state index in [4.69, 9.17) is 0 Å². The lowest BCUT2D eigenvalue weighted by Crippen LogP contribution is -2.38. The highest BCUT2D eigenvalue weighted by atomic mass is 79.9.